The van der Waals surface area contributed by atoms with Gasteiger partial charge in [0.05, 0.1) is 17.0 Å². The molecule has 1 fully saturated rings. The minimum absolute atomic E-state index is 0.0174. The van der Waals surface area contributed by atoms with E-state index in [4.69, 9.17) is 11.6 Å². The number of rotatable bonds is 6. The Bertz CT molecular complexity index is 1330. The number of anilines is 1. The Balaban J connectivity index is 1.72. The van der Waals surface area contributed by atoms with Crippen LogP contribution in [0.4, 0.5) is 15.8 Å². The van der Waals surface area contributed by atoms with Crippen molar-refractivity contribution in [1.82, 2.24) is 4.90 Å². The van der Waals surface area contributed by atoms with Crippen molar-refractivity contribution in [3.8, 4) is 0 Å². The average Bonchev–Trinajstić information content (AvgIpc) is 3.12. The van der Waals surface area contributed by atoms with E-state index in [1.54, 1.807) is 12.1 Å². The summed E-state index contributed by atoms with van der Waals surface area (Å²) in [4.78, 5) is 52.5. The molecule has 35 heavy (non-hydrogen) atoms. The number of hydrogen-bond acceptors (Lipinski definition) is 5. The molecule has 10 heteroatoms. The molecule has 0 spiro atoms. The molecule has 1 atom stereocenters. The molecule has 3 aromatic carbocycles. The first kappa shape index (κ1) is 24.0. The van der Waals surface area contributed by atoms with E-state index in [2.05, 4.69) is 0 Å². The number of benzene rings is 3. The van der Waals surface area contributed by atoms with Crippen LogP contribution in [0, 0.1) is 22.9 Å². The normalized spacial score (nSPS) is 15.4. The number of carbonyl (C=O) groups is 3. The van der Waals surface area contributed by atoms with E-state index in [0.29, 0.717) is 5.56 Å². The molecular formula is C25H19ClFN3O5. The first-order valence-electron chi connectivity index (χ1n) is 10.6. The van der Waals surface area contributed by atoms with Gasteiger partial charge in [0.25, 0.3) is 17.5 Å². The third-order valence-electron chi connectivity index (χ3n) is 5.71. The Morgan fingerprint density at radius 3 is 2.40 bits per heavy atom. The molecule has 1 aliphatic rings. The number of halogens is 2. The van der Waals surface area contributed by atoms with Crippen LogP contribution in [0.1, 0.15) is 27.9 Å². The maximum Gasteiger partial charge on any atom is 0.288 e. The molecule has 1 saturated heterocycles. The van der Waals surface area contributed by atoms with Gasteiger partial charge in [-0.1, -0.05) is 41.4 Å². The van der Waals surface area contributed by atoms with Crippen LogP contribution in [0.2, 0.25) is 5.02 Å². The van der Waals surface area contributed by atoms with Crippen molar-refractivity contribution in [3.63, 3.8) is 0 Å². The molecule has 3 amide bonds. The van der Waals surface area contributed by atoms with Gasteiger partial charge in [-0.05, 0) is 48.9 Å². The summed E-state index contributed by atoms with van der Waals surface area (Å²) in [7, 11) is 0. The molecule has 0 aliphatic carbocycles. The zero-order chi connectivity index (χ0) is 25.3. The number of nitrogens with zero attached hydrogens (tertiary/aromatic N) is 3. The number of imide groups is 1. The zero-order valence-corrected chi connectivity index (χ0v) is 19.2. The van der Waals surface area contributed by atoms with Crippen LogP contribution < -0.4 is 4.90 Å². The first-order valence-corrected chi connectivity index (χ1v) is 11.0. The molecule has 178 valence electrons. The van der Waals surface area contributed by atoms with Crippen molar-refractivity contribution in [2.75, 3.05) is 4.90 Å². The van der Waals surface area contributed by atoms with Crippen LogP contribution in [-0.4, -0.2) is 33.6 Å². The summed E-state index contributed by atoms with van der Waals surface area (Å²) in [6.45, 7) is 1.88. The van der Waals surface area contributed by atoms with Gasteiger partial charge in [0, 0.05) is 18.2 Å². The van der Waals surface area contributed by atoms with Crippen LogP contribution in [0.15, 0.2) is 66.7 Å². The van der Waals surface area contributed by atoms with E-state index in [9.17, 15) is 28.9 Å². The second-order valence-electron chi connectivity index (χ2n) is 8.11. The highest BCUT2D eigenvalue weighted by Crippen LogP contribution is 2.30. The van der Waals surface area contributed by atoms with Crippen LogP contribution >= 0.6 is 11.6 Å². The quantitative estimate of drug-likeness (QED) is 0.281. The van der Waals surface area contributed by atoms with Crippen LogP contribution in [0.3, 0.4) is 0 Å². The lowest BCUT2D eigenvalue weighted by Crippen LogP contribution is -2.45. The lowest BCUT2D eigenvalue weighted by atomic mass is 10.1. The van der Waals surface area contributed by atoms with E-state index >= 15 is 0 Å². The average molecular weight is 496 g/mol. The minimum atomic E-state index is -1.16. The Morgan fingerprint density at radius 2 is 1.77 bits per heavy atom. The summed E-state index contributed by atoms with van der Waals surface area (Å²) in [5, 5.41) is 11.2. The largest absolute Gasteiger partial charge is 0.322 e. The van der Waals surface area contributed by atoms with E-state index in [1.165, 1.54) is 29.2 Å². The van der Waals surface area contributed by atoms with Gasteiger partial charge in [0.2, 0.25) is 5.91 Å². The van der Waals surface area contributed by atoms with Gasteiger partial charge >= 0.3 is 0 Å². The highest BCUT2D eigenvalue weighted by molar-refractivity contribution is 6.32. The minimum Gasteiger partial charge on any atom is -0.322 e. The fraction of sp³-hybridized carbons (Fsp3) is 0.160. The summed E-state index contributed by atoms with van der Waals surface area (Å²) in [5.74, 6) is -2.39. The second-order valence-corrected chi connectivity index (χ2v) is 8.51. The number of nitro benzene ring substituents is 1. The maximum atomic E-state index is 13.6. The van der Waals surface area contributed by atoms with Crippen LogP contribution in [0.25, 0.3) is 0 Å². The van der Waals surface area contributed by atoms with Crippen molar-refractivity contribution in [2.24, 2.45) is 0 Å². The third kappa shape index (κ3) is 4.90. The number of nitro groups is 1. The van der Waals surface area contributed by atoms with Gasteiger partial charge in [0.1, 0.15) is 16.9 Å². The lowest BCUT2D eigenvalue weighted by Gasteiger charge is -2.28. The molecule has 0 saturated carbocycles. The molecule has 0 radical (unpaired) electrons. The molecule has 8 nitrogen and oxygen atoms in total. The van der Waals surface area contributed by atoms with Gasteiger partial charge in [-0.3, -0.25) is 24.5 Å². The van der Waals surface area contributed by atoms with Crippen LogP contribution in [-0.2, 0) is 16.1 Å². The molecule has 4 rings (SSSR count). The summed E-state index contributed by atoms with van der Waals surface area (Å²) in [6.07, 6.45) is -0.288. The SMILES string of the molecule is Cc1ccc(CN(C(=O)c2ccc(Cl)c([N+](=O)[O-])c2)C2CC(=O)N(c3ccc(F)cc3)C2=O)cc1. The lowest BCUT2D eigenvalue weighted by molar-refractivity contribution is -0.384. The number of carbonyl (C=O) groups excluding carboxylic acids is 3. The van der Waals surface area contributed by atoms with Crippen molar-refractivity contribution in [2.45, 2.75) is 25.9 Å². The van der Waals surface area contributed by atoms with E-state index in [0.717, 1.165) is 28.7 Å². The Labute approximate surface area is 204 Å². The summed E-state index contributed by atoms with van der Waals surface area (Å²) in [5.41, 5.74) is 1.39. The molecule has 1 unspecified atom stereocenters. The second kappa shape index (κ2) is 9.63. The van der Waals surface area contributed by atoms with Gasteiger partial charge in [-0.15, -0.1) is 0 Å². The van der Waals surface area contributed by atoms with Crippen molar-refractivity contribution >= 4 is 40.7 Å². The number of aryl methyl sites for hydroxylation is 1. The van der Waals surface area contributed by atoms with Crippen LogP contribution in [0.5, 0.6) is 0 Å². The number of amides is 3. The first-order chi connectivity index (χ1) is 16.7. The summed E-state index contributed by atoms with van der Waals surface area (Å²) < 4.78 is 13.4. The molecule has 3 aromatic rings. The van der Waals surface area contributed by atoms with E-state index in [-0.39, 0.29) is 29.2 Å². The van der Waals surface area contributed by atoms with E-state index in [1.807, 2.05) is 19.1 Å². The predicted octanol–water partition coefficient (Wildman–Crippen LogP) is 4.67. The van der Waals surface area contributed by atoms with Gasteiger partial charge in [-0.25, -0.2) is 9.29 Å². The maximum absolute atomic E-state index is 13.6. The van der Waals surface area contributed by atoms with Gasteiger partial charge < -0.3 is 4.90 Å². The summed E-state index contributed by atoms with van der Waals surface area (Å²) in [6, 6.07) is 14.6. The smallest absolute Gasteiger partial charge is 0.288 e. The summed E-state index contributed by atoms with van der Waals surface area (Å²) >= 11 is 5.89. The third-order valence-corrected chi connectivity index (χ3v) is 6.03. The molecule has 1 aliphatic heterocycles. The molecular weight excluding hydrogens is 477 g/mol. The molecule has 0 N–H and O–H groups in total. The standard InChI is InChI=1S/C25H19ClFN3O5/c1-15-2-4-16(5-3-15)14-28(24(32)17-6-11-20(26)21(12-17)30(34)35)22-13-23(31)29(25(22)33)19-9-7-18(27)8-10-19/h2-12,22H,13-14H2,1H3. The molecule has 0 bridgehead atoms. The van der Waals surface area contributed by atoms with Gasteiger partial charge in [-0.2, -0.15) is 0 Å². The van der Waals surface area contributed by atoms with E-state index < -0.39 is 40.2 Å². The monoisotopic (exact) mass is 495 g/mol. The molecule has 0 aromatic heterocycles. The van der Waals surface area contributed by atoms with Crippen molar-refractivity contribution in [3.05, 3.63) is 104 Å². The van der Waals surface area contributed by atoms with Crippen molar-refractivity contribution in [1.29, 1.82) is 0 Å². The zero-order valence-electron chi connectivity index (χ0n) is 18.5. The number of hydrogen-bond donors (Lipinski definition) is 0. The Morgan fingerprint density at radius 1 is 1.11 bits per heavy atom. The predicted molar refractivity (Wildman–Crippen MR) is 126 cm³/mol. The Kier molecular flexibility index (Phi) is 6.61. The highest BCUT2D eigenvalue weighted by atomic mass is 35.5. The fourth-order valence-electron chi connectivity index (χ4n) is 3.89. The fourth-order valence-corrected chi connectivity index (χ4v) is 4.07. The highest BCUT2D eigenvalue weighted by Gasteiger charge is 2.44. The van der Waals surface area contributed by atoms with Crippen molar-refractivity contribution < 1.29 is 23.7 Å². The Hall–Kier alpha value is -4.11. The topological polar surface area (TPSA) is 101 Å². The van der Waals surface area contributed by atoms with Gasteiger partial charge in [0.15, 0.2) is 0 Å². The molecule has 1 heterocycles.